The maximum atomic E-state index is 13.1. The van der Waals surface area contributed by atoms with Crippen molar-refractivity contribution in [3.8, 4) is 5.75 Å². The summed E-state index contributed by atoms with van der Waals surface area (Å²) in [5.74, 6) is 0.463. The zero-order valence-electron chi connectivity index (χ0n) is 17.0. The SMILES string of the molecule is CC(C)(Oc1ccc(Cl)cc1)C(=O)N1CCCN(C(=O)Nc2cccc(Cl)c2)CC1. The van der Waals surface area contributed by atoms with E-state index in [1.807, 2.05) is 0 Å². The van der Waals surface area contributed by atoms with Crippen LogP contribution in [0, 0.1) is 0 Å². The van der Waals surface area contributed by atoms with Gasteiger partial charge in [0.2, 0.25) is 0 Å². The van der Waals surface area contributed by atoms with Crippen molar-refractivity contribution in [1.82, 2.24) is 9.80 Å². The lowest BCUT2D eigenvalue weighted by Gasteiger charge is -2.31. The number of nitrogens with one attached hydrogen (secondary N) is 1. The van der Waals surface area contributed by atoms with Crippen LogP contribution >= 0.6 is 23.2 Å². The van der Waals surface area contributed by atoms with E-state index in [0.717, 1.165) is 0 Å². The highest BCUT2D eigenvalue weighted by atomic mass is 35.5. The first kappa shape index (κ1) is 22.2. The summed E-state index contributed by atoms with van der Waals surface area (Å²) >= 11 is 11.9. The molecule has 0 aliphatic carbocycles. The van der Waals surface area contributed by atoms with Crippen molar-refractivity contribution in [1.29, 1.82) is 0 Å². The molecule has 6 nitrogen and oxygen atoms in total. The van der Waals surface area contributed by atoms with Gasteiger partial charge < -0.3 is 19.9 Å². The number of benzene rings is 2. The van der Waals surface area contributed by atoms with Crippen LogP contribution in [0.2, 0.25) is 10.0 Å². The van der Waals surface area contributed by atoms with Crippen LogP contribution in [0.25, 0.3) is 0 Å². The maximum absolute atomic E-state index is 13.1. The number of carbonyl (C=O) groups excluding carboxylic acids is 2. The summed E-state index contributed by atoms with van der Waals surface area (Å²) in [5.41, 5.74) is -0.395. The Hall–Kier alpha value is -2.44. The quantitative estimate of drug-likeness (QED) is 0.720. The lowest BCUT2D eigenvalue weighted by atomic mass is 10.1. The molecule has 3 amide bonds. The number of ether oxygens (including phenoxy) is 1. The lowest BCUT2D eigenvalue weighted by Crippen LogP contribution is -2.50. The van der Waals surface area contributed by atoms with Crippen molar-refractivity contribution in [2.24, 2.45) is 0 Å². The molecule has 2 aromatic rings. The zero-order chi connectivity index (χ0) is 21.7. The Morgan fingerprint density at radius 2 is 1.60 bits per heavy atom. The van der Waals surface area contributed by atoms with Crippen molar-refractivity contribution in [3.63, 3.8) is 0 Å². The molecule has 1 heterocycles. The molecule has 0 bridgehead atoms. The minimum absolute atomic E-state index is 0.116. The number of nitrogens with zero attached hydrogens (tertiary/aromatic N) is 2. The van der Waals surface area contributed by atoms with Gasteiger partial charge >= 0.3 is 6.03 Å². The minimum Gasteiger partial charge on any atom is -0.478 e. The van der Waals surface area contributed by atoms with E-state index in [2.05, 4.69) is 5.32 Å². The van der Waals surface area contributed by atoms with E-state index < -0.39 is 5.60 Å². The molecule has 8 heteroatoms. The monoisotopic (exact) mass is 449 g/mol. The highest BCUT2D eigenvalue weighted by Gasteiger charge is 2.35. The summed E-state index contributed by atoms with van der Waals surface area (Å²) in [6.07, 6.45) is 0.686. The fraction of sp³-hybridized carbons (Fsp3) is 0.364. The van der Waals surface area contributed by atoms with E-state index in [9.17, 15) is 9.59 Å². The van der Waals surface area contributed by atoms with Crippen LogP contribution in [0.15, 0.2) is 48.5 Å². The van der Waals surface area contributed by atoms with Gasteiger partial charge in [-0.3, -0.25) is 4.79 Å². The molecule has 1 fully saturated rings. The second-order valence-electron chi connectivity index (χ2n) is 7.64. The smallest absolute Gasteiger partial charge is 0.321 e. The number of halogens is 2. The fourth-order valence-corrected chi connectivity index (χ4v) is 3.63. The van der Waals surface area contributed by atoms with Crippen LogP contribution in [-0.2, 0) is 4.79 Å². The van der Waals surface area contributed by atoms with Crippen molar-refractivity contribution in [2.75, 3.05) is 31.5 Å². The number of hydrogen-bond donors (Lipinski definition) is 1. The van der Waals surface area contributed by atoms with Gasteiger partial charge in [0.25, 0.3) is 5.91 Å². The fourth-order valence-electron chi connectivity index (χ4n) is 3.31. The van der Waals surface area contributed by atoms with Gasteiger partial charge in [0.05, 0.1) is 0 Å². The summed E-state index contributed by atoms with van der Waals surface area (Å²) in [6, 6.07) is 13.7. The molecule has 1 saturated heterocycles. The van der Waals surface area contributed by atoms with Crippen LogP contribution in [0.4, 0.5) is 10.5 Å². The Bertz CT molecular complexity index is 903. The summed E-state index contributed by atoms with van der Waals surface area (Å²) in [5, 5.41) is 4.02. The molecule has 30 heavy (non-hydrogen) atoms. The van der Waals surface area contributed by atoms with Gasteiger partial charge in [-0.2, -0.15) is 0 Å². The molecule has 3 rings (SSSR count). The third kappa shape index (κ3) is 5.80. The Labute approximate surface area is 186 Å². The molecule has 2 aromatic carbocycles. The molecule has 0 spiro atoms. The van der Waals surface area contributed by atoms with E-state index >= 15 is 0 Å². The van der Waals surface area contributed by atoms with E-state index in [0.29, 0.717) is 54.1 Å². The molecule has 1 aliphatic rings. The van der Waals surface area contributed by atoms with Gasteiger partial charge in [-0.1, -0.05) is 29.3 Å². The van der Waals surface area contributed by atoms with Crippen LogP contribution in [0.5, 0.6) is 5.75 Å². The van der Waals surface area contributed by atoms with Gasteiger partial charge in [-0.15, -0.1) is 0 Å². The Morgan fingerprint density at radius 1 is 0.933 bits per heavy atom. The van der Waals surface area contributed by atoms with E-state index in [-0.39, 0.29) is 11.9 Å². The van der Waals surface area contributed by atoms with E-state index in [1.54, 1.807) is 72.2 Å². The first-order valence-electron chi connectivity index (χ1n) is 9.80. The second kappa shape index (κ2) is 9.58. The van der Waals surface area contributed by atoms with Gasteiger partial charge in [-0.05, 0) is 62.7 Å². The average Bonchev–Trinajstić information content (AvgIpc) is 2.95. The number of rotatable bonds is 4. The zero-order valence-corrected chi connectivity index (χ0v) is 18.5. The highest BCUT2D eigenvalue weighted by molar-refractivity contribution is 6.31. The predicted molar refractivity (Wildman–Crippen MR) is 119 cm³/mol. The van der Waals surface area contributed by atoms with Crippen LogP contribution in [0.3, 0.4) is 0 Å². The third-order valence-electron chi connectivity index (χ3n) is 4.85. The summed E-state index contributed by atoms with van der Waals surface area (Å²) in [6.45, 7) is 5.50. The Balaban J connectivity index is 1.58. The summed E-state index contributed by atoms with van der Waals surface area (Å²) < 4.78 is 5.92. The van der Waals surface area contributed by atoms with Gasteiger partial charge in [0, 0.05) is 41.9 Å². The van der Waals surface area contributed by atoms with Crippen molar-refractivity contribution in [2.45, 2.75) is 25.9 Å². The second-order valence-corrected chi connectivity index (χ2v) is 8.51. The molecule has 0 radical (unpaired) electrons. The molecule has 0 atom stereocenters. The number of hydrogen-bond acceptors (Lipinski definition) is 3. The minimum atomic E-state index is -1.04. The highest BCUT2D eigenvalue weighted by Crippen LogP contribution is 2.23. The molecule has 0 unspecified atom stereocenters. The van der Waals surface area contributed by atoms with Crippen molar-refractivity contribution < 1.29 is 14.3 Å². The molecular formula is C22H25Cl2N3O3. The molecule has 0 aromatic heterocycles. The predicted octanol–water partition coefficient (Wildman–Crippen LogP) is 4.92. The normalized spacial score (nSPS) is 14.8. The molecule has 160 valence electrons. The Kier molecular flexibility index (Phi) is 7.10. The van der Waals surface area contributed by atoms with Crippen LogP contribution in [-0.4, -0.2) is 53.5 Å². The van der Waals surface area contributed by atoms with Gasteiger partial charge in [-0.25, -0.2) is 4.79 Å². The average molecular weight is 450 g/mol. The maximum Gasteiger partial charge on any atom is 0.321 e. The van der Waals surface area contributed by atoms with E-state index in [1.165, 1.54) is 0 Å². The molecular weight excluding hydrogens is 425 g/mol. The number of anilines is 1. The van der Waals surface area contributed by atoms with Crippen LogP contribution < -0.4 is 10.1 Å². The molecule has 1 aliphatic heterocycles. The number of urea groups is 1. The third-order valence-corrected chi connectivity index (χ3v) is 5.33. The van der Waals surface area contributed by atoms with Gasteiger partial charge in [0.15, 0.2) is 5.60 Å². The molecule has 1 N–H and O–H groups in total. The summed E-state index contributed by atoms with van der Waals surface area (Å²) in [7, 11) is 0. The van der Waals surface area contributed by atoms with Crippen LogP contribution in [0.1, 0.15) is 20.3 Å². The number of carbonyl (C=O) groups is 2. The topological polar surface area (TPSA) is 61.9 Å². The largest absolute Gasteiger partial charge is 0.478 e. The lowest BCUT2D eigenvalue weighted by molar-refractivity contribution is -0.145. The van der Waals surface area contributed by atoms with Gasteiger partial charge in [0.1, 0.15) is 5.75 Å². The van der Waals surface area contributed by atoms with Crippen molar-refractivity contribution >= 4 is 40.8 Å². The first-order valence-corrected chi connectivity index (χ1v) is 10.6. The molecule has 0 saturated carbocycles. The first-order chi connectivity index (χ1) is 14.2. The summed E-state index contributed by atoms with van der Waals surface area (Å²) in [4.78, 5) is 29.2. The van der Waals surface area contributed by atoms with E-state index in [4.69, 9.17) is 27.9 Å². The van der Waals surface area contributed by atoms with Crippen molar-refractivity contribution in [3.05, 3.63) is 58.6 Å². The Morgan fingerprint density at radius 3 is 2.30 bits per heavy atom. The number of amides is 3. The standard InChI is InChI=1S/C22H25Cl2N3O3/c1-22(2,30-19-9-7-16(23)8-10-19)20(28)26-11-4-12-27(14-13-26)21(29)25-18-6-3-5-17(24)15-18/h3,5-10,15H,4,11-14H2,1-2H3,(H,25,29).